The van der Waals surface area contributed by atoms with E-state index in [1.165, 1.54) is 41.6 Å². The number of anilines is 1. The molecule has 4 rings (SSSR count). The number of ether oxygens (including phenoxy) is 3. The number of nitrogens with zero attached hydrogens (tertiary/aromatic N) is 1. The number of carbonyl (C=O) groups is 3. The third-order valence-corrected chi connectivity index (χ3v) is 7.75. The molecule has 2 amide bonds. The number of amides is 2. The lowest BCUT2D eigenvalue weighted by atomic mass is 10.0. The third kappa shape index (κ3) is 8.60. The number of halogens is 1. The summed E-state index contributed by atoms with van der Waals surface area (Å²) in [5.41, 5.74) is 1.47. The van der Waals surface area contributed by atoms with Gasteiger partial charge in [0, 0.05) is 17.0 Å². The van der Waals surface area contributed by atoms with Crippen LogP contribution in [0.15, 0.2) is 40.8 Å². The van der Waals surface area contributed by atoms with Gasteiger partial charge in [-0.1, -0.05) is 0 Å². The minimum absolute atomic E-state index is 0.0103. The van der Waals surface area contributed by atoms with E-state index < -0.39 is 27.8 Å². The summed E-state index contributed by atoms with van der Waals surface area (Å²) in [6.45, 7) is 2.52. The Morgan fingerprint density at radius 3 is 2.23 bits per heavy atom. The maximum absolute atomic E-state index is 13.6. The van der Waals surface area contributed by atoms with Gasteiger partial charge in [-0.2, -0.15) is 0 Å². The first-order valence-corrected chi connectivity index (χ1v) is 15.4. The number of nitrogens with one attached hydrogen (secondary N) is 1. The molecule has 3 aromatic rings. The van der Waals surface area contributed by atoms with E-state index in [2.05, 4.69) is 0 Å². The van der Waals surface area contributed by atoms with Crippen molar-refractivity contribution in [3.63, 3.8) is 0 Å². The van der Waals surface area contributed by atoms with E-state index >= 15 is 0 Å². The van der Waals surface area contributed by atoms with Crippen molar-refractivity contribution in [2.75, 3.05) is 56.7 Å². The zero-order valence-electron chi connectivity index (χ0n) is 23.8. The molecule has 43 heavy (non-hydrogen) atoms. The highest BCUT2D eigenvalue weighted by Gasteiger charge is 2.33. The van der Waals surface area contributed by atoms with E-state index in [4.69, 9.17) is 18.6 Å². The number of Topliss-reactive ketones (excluding diaryl/α,β-unsaturated/α-hetero) is 1. The van der Waals surface area contributed by atoms with Crippen molar-refractivity contribution in [2.45, 2.75) is 25.7 Å². The Kier molecular flexibility index (Phi) is 10.5. The van der Waals surface area contributed by atoms with Gasteiger partial charge in [0.25, 0.3) is 5.91 Å². The Hall–Kier alpha value is -3.85. The summed E-state index contributed by atoms with van der Waals surface area (Å²) < 4.78 is 62.8. The number of ketones is 1. The first-order chi connectivity index (χ1) is 20.5. The molecule has 0 saturated heterocycles. The van der Waals surface area contributed by atoms with Crippen LogP contribution in [0.2, 0.25) is 0 Å². The highest BCUT2D eigenvalue weighted by Crippen LogP contribution is 2.48. The number of sulfonamides is 1. The smallest absolute Gasteiger partial charge is 0.411 e. The van der Waals surface area contributed by atoms with Gasteiger partial charge in [0.1, 0.15) is 23.8 Å². The second-order valence-electron chi connectivity index (χ2n) is 10.1. The first-order valence-electron chi connectivity index (χ1n) is 13.6. The third-order valence-electron chi connectivity index (χ3n) is 6.57. The number of benzene rings is 2. The average Bonchev–Trinajstić information content (AvgIpc) is 3.70. The monoisotopic (exact) mass is 620 g/mol. The van der Waals surface area contributed by atoms with Crippen molar-refractivity contribution >= 4 is 44.5 Å². The summed E-state index contributed by atoms with van der Waals surface area (Å²) in [7, 11) is -3.78. The van der Waals surface area contributed by atoms with Crippen LogP contribution in [-0.4, -0.2) is 83.7 Å². The van der Waals surface area contributed by atoms with Crippen LogP contribution < -0.4 is 9.62 Å². The van der Waals surface area contributed by atoms with Crippen molar-refractivity contribution in [1.82, 2.24) is 5.32 Å². The number of fused-ring (bicyclic) bond motifs is 1. The second-order valence-corrected chi connectivity index (χ2v) is 12.0. The Labute approximate surface area is 247 Å². The fourth-order valence-electron chi connectivity index (χ4n) is 4.54. The van der Waals surface area contributed by atoms with Crippen molar-refractivity contribution in [2.24, 2.45) is 0 Å². The van der Waals surface area contributed by atoms with Crippen LogP contribution in [0, 0.1) is 5.82 Å². The minimum Gasteiger partial charge on any atom is -0.465 e. The lowest BCUT2D eigenvalue weighted by Crippen LogP contribution is -2.34. The van der Waals surface area contributed by atoms with Gasteiger partial charge in [-0.05, 0) is 61.6 Å². The van der Waals surface area contributed by atoms with Crippen LogP contribution in [0.3, 0.4) is 0 Å². The molecule has 12 nitrogen and oxygen atoms in total. The van der Waals surface area contributed by atoms with E-state index in [-0.39, 0.29) is 74.8 Å². The number of hydrogen-bond acceptors (Lipinski definition) is 9. The fraction of sp³-hybridized carbons (Fsp3) is 0.414. The van der Waals surface area contributed by atoms with Crippen LogP contribution in [0.5, 0.6) is 0 Å². The number of carboxylic acid groups (broad SMARTS) is 1. The lowest BCUT2D eigenvalue weighted by molar-refractivity contribution is -0.122. The van der Waals surface area contributed by atoms with Gasteiger partial charge >= 0.3 is 6.09 Å². The molecular formula is C29H33FN2O10S. The van der Waals surface area contributed by atoms with Crippen molar-refractivity contribution in [3.05, 3.63) is 53.3 Å². The van der Waals surface area contributed by atoms with Crippen molar-refractivity contribution in [1.29, 1.82) is 0 Å². The Morgan fingerprint density at radius 2 is 1.65 bits per heavy atom. The van der Waals surface area contributed by atoms with Gasteiger partial charge in [0.05, 0.1) is 57.1 Å². The van der Waals surface area contributed by atoms with Gasteiger partial charge in [0.15, 0.2) is 5.78 Å². The highest BCUT2D eigenvalue weighted by molar-refractivity contribution is 7.92. The Balaban J connectivity index is 1.59. The fourth-order valence-corrected chi connectivity index (χ4v) is 5.47. The summed E-state index contributed by atoms with van der Waals surface area (Å²) >= 11 is 0. The standard InChI is InChI=1S/C29H33FN2O10S/c1-18(33)17-41-14-13-40-12-11-39-10-9-32(43(2,37)38)24-16-25-23(15-22(24)19-3-4-19)26(28(34)31-29(35)36)27(42-25)20-5-7-21(30)8-6-20/h5-8,15-16,19H,3-4,9-14,17H2,1-2H3,(H,31,34)(H,35,36). The summed E-state index contributed by atoms with van der Waals surface area (Å²) in [6.07, 6.45) is 1.13. The van der Waals surface area contributed by atoms with Crippen LogP contribution in [0.1, 0.15) is 41.6 Å². The van der Waals surface area contributed by atoms with Crippen molar-refractivity contribution in [3.8, 4) is 11.3 Å². The van der Waals surface area contributed by atoms with Gasteiger partial charge in [-0.15, -0.1) is 0 Å². The van der Waals surface area contributed by atoms with E-state index in [9.17, 15) is 32.3 Å². The predicted octanol–water partition coefficient (Wildman–Crippen LogP) is 3.93. The first kappa shape index (κ1) is 32.1. The lowest BCUT2D eigenvalue weighted by Gasteiger charge is -2.25. The molecule has 14 heteroatoms. The molecule has 2 N–H and O–H groups in total. The largest absolute Gasteiger partial charge is 0.465 e. The van der Waals surface area contributed by atoms with Gasteiger partial charge in [0.2, 0.25) is 10.0 Å². The quantitative estimate of drug-likeness (QED) is 0.225. The summed E-state index contributed by atoms with van der Waals surface area (Å²) in [4.78, 5) is 35.2. The molecule has 1 aromatic heterocycles. The summed E-state index contributed by atoms with van der Waals surface area (Å²) in [5, 5.41) is 11.3. The maximum Gasteiger partial charge on any atom is 0.411 e. The summed E-state index contributed by atoms with van der Waals surface area (Å²) in [6, 6.07) is 8.35. The second kappa shape index (κ2) is 14.1. The molecule has 1 saturated carbocycles. The van der Waals surface area contributed by atoms with E-state index in [1.807, 2.05) is 5.32 Å². The maximum atomic E-state index is 13.6. The number of furan rings is 1. The Morgan fingerprint density at radius 1 is 1.02 bits per heavy atom. The SMILES string of the molecule is CC(=O)COCCOCCOCCN(c1cc2oc(-c3ccc(F)cc3)c(C(=O)NC(=O)O)c2cc1C1CC1)S(C)(=O)=O. The van der Waals surface area contributed by atoms with Crippen LogP contribution in [0.4, 0.5) is 14.9 Å². The minimum atomic E-state index is -3.78. The topological polar surface area (TPSA) is 162 Å². The van der Waals surface area contributed by atoms with E-state index in [0.717, 1.165) is 19.1 Å². The molecule has 1 aliphatic rings. The van der Waals surface area contributed by atoms with Crippen LogP contribution >= 0.6 is 0 Å². The van der Waals surface area contributed by atoms with Crippen LogP contribution in [-0.2, 0) is 29.0 Å². The average molecular weight is 621 g/mol. The molecule has 0 spiro atoms. The Bertz CT molecular complexity index is 1580. The molecule has 0 unspecified atom stereocenters. The number of carbonyl (C=O) groups excluding carboxylic acids is 2. The van der Waals surface area contributed by atoms with Crippen LogP contribution in [0.25, 0.3) is 22.3 Å². The molecule has 0 radical (unpaired) electrons. The van der Waals surface area contributed by atoms with Gasteiger partial charge < -0.3 is 23.7 Å². The van der Waals surface area contributed by atoms with Gasteiger partial charge in [-0.3, -0.25) is 19.2 Å². The molecule has 232 valence electrons. The number of imide groups is 1. The number of hydrogen-bond donors (Lipinski definition) is 2. The zero-order chi connectivity index (χ0) is 31.1. The van der Waals surface area contributed by atoms with Crippen molar-refractivity contribution < 1.29 is 50.9 Å². The number of rotatable bonds is 16. The molecule has 1 fully saturated rings. The van der Waals surface area contributed by atoms with Gasteiger partial charge in [-0.25, -0.2) is 17.6 Å². The summed E-state index contributed by atoms with van der Waals surface area (Å²) in [5.74, 6) is -1.46. The van der Waals surface area contributed by atoms with E-state index in [0.29, 0.717) is 22.2 Å². The van der Waals surface area contributed by atoms with E-state index in [1.54, 1.807) is 6.07 Å². The molecule has 2 aromatic carbocycles. The molecule has 1 aliphatic carbocycles. The molecule has 0 aliphatic heterocycles. The predicted molar refractivity (Wildman–Crippen MR) is 154 cm³/mol. The normalized spacial score (nSPS) is 13.3. The molecule has 1 heterocycles. The highest BCUT2D eigenvalue weighted by atomic mass is 32.2. The molecule has 0 bridgehead atoms. The molecule has 0 atom stereocenters. The zero-order valence-corrected chi connectivity index (χ0v) is 24.6. The molecular weight excluding hydrogens is 587 g/mol.